The predicted molar refractivity (Wildman–Crippen MR) is 123 cm³/mol. The Labute approximate surface area is 198 Å². The number of carbonyl (C=O) groups is 1. The van der Waals surface area contributed by atoms with E-state index >= 15 is 0 Å². The first-order valence-electron chi connectivity index (χ1n) is 10.2. The molecule has 0 bridgehead atoms. The number of benzene rings is 2. The summed E-state index contributed by atoms with van der Waals surface area (Å²) in [5, 5.41) is 22.6. The number of nitrogens with one attached hydrogen (secondary N) is 3. The summed E-state index contributed by atoms with van der Waals surface area (Å²) in [6, 6.07) is 7.60. The summed E-state index contributed by atoms with van der Waals surface area (Å²) in [4.78, 5) is 21.3. The van der Waals surface area contributed by atoms with E-state index in [0.29, 0.717) is 23.0 Å². The van der Waals surface area contributed by atoms with E-state index in [-0.39, 0.29) is 24.1 Å². The number of carbonyl (C=O) groups excluding carboxylic acids is 1. The Morgan fingerprint density at radius 1 is 1.20 bits per heavy atom. The number of allylic oxidation sites excluding steroid dienone is 1. The van der Waals surface area contributed by atoms with Crippen molar-refractivity contribution in [1.29, 1.82) is 5.41 Å². The number of anilines is 1. The number of aliphatic hydroxyl groups is 1. The number of hydrogen-bond donors (Lipinski definition) is 4. The highest BCUT2D eigenvalue weighted by atomic mass is 19.4. The quantitative estimate of drug-likeness (QED) is 0.291. The highest BCUT2D eigenvalue weighted by Gasteiger charge is 2.36. The molecular formula is C24H21F4N5O2. The van der Waals surface area contributed by atoms with E-state index < -0.39 is 40.3 Å². The summed E-state index contributed by atoms with van der Waals surface area (Å²) < 4.78 is 55.2. The van der Waals surface area contributed by atoms with Crippen molar-refractivity contribution in [3.63, 3.8) is 0 Å². The SMILES string of the molecule is CN/C=C\C(=N)c1cc(C(=O)Nc2cnc(C)nc2-c2ccccc2CO)c(F)cc1C(F)(F)F. The molecule has 7 nitrogen and oxygen atoms in total. The summed E-state index contributed by atoms with van der Waals surface area (Å²) in [5.74, 6) is -2.11. The monoisotopic (exact) mass is 487 g/mol. The minimum Gasteiger partial charge on any atom is -0.394 e. The number of hydrogen-bond acceptors (Lipinski definition) is 6. The molecule has 0 saturated heterocycles. The van der Waals surface area contributed by atoms with Crippen LogP contribution in [0.25, 0.3) is 11.3 Å². The van der Waals surface area contributed by atoms with Crippen LogP contribution in [-0.4, -0.2) is 33.7 Å². The molecule has 35 heavy (non-hydrogen) atoms. The van der Waals surface area contributed by atoms with Gasteiger partial charge in [0, 0.05) is 18.2 Å². The van der Waals surface area contributed by atoms with Crippen molar-refractivity contribution in [3.05, 3.63) is 88.8 Å². The van der Waals surface area contributed by atoms with Gasteiger partial charge >= 0.3 is 6.18 Å². The largest absolute Gasteiger partial charge is 0.417 e. The lowest BCUT2D eigenvalue weighted by Gasteiger charge is -2.16. The number of aliphatic hydroxyl groups excluding tert-OH is 1. The van der Waals surface area contributed by atoms with Gasteiger partial charge in [0.05, 0.1) is 41.0 Å². The zero-order valence-corrected chi connectivity index (χ0v) is 18.7. The molecule has 11 heteroatoms. The predicted octanol–water partition coefficient (Wildman–Crippen LogP) is 4.46. The van der Waals surface area contributed by atoms with Crippen molar-refractivity contribution >= 4 is 17.3 Å². The number of nitrogens with zero attached hydrogens (tertiary/aromatic N) is 2. The first-order chi connectivity index (χ1) is 16.6. The average molecular weight is 487 g/mol. The number of alkyl halides is 3. The molecule has 2 aromatic carbocycles. The van der Waals surface area contributed by atoms with Crippen molar-refractivity contribution in [1.82, 2.24) is 15.3 Å². The van der Waals surface area contributed by atoms with Gasteiger partial charge in [-0.1, -0.05) is 24.3 Å². The van der Waals surface area contributed by atoms with Crippen LogP contribution in [-0.2, 0) is 12.8 Å². The third kappa shape index (κ3) is 5.69. The Morgan fingerprint density at radius 3 is 2.57 bits per heavy atom. The molecule has 1 amide bonds. The van der Waals surface area contributed by atoms with Crippen molar-refractivity contribution in [2.45, 2.75) is 19.7 Å². The molecule has 0 saturated carbocycles. The summed E-state index contributed by atoms with van der Waals surface area (Å²) in [6.07, 6.45) is -1.37. The molecule has 0 aliphatic carbocycles. The van der Waals surface area contributed by atoms with Gasteiger partial charge in [0.1, 0.15) is 11.6 Å². The van der Waals surface area contributed by atoms with Crippen molar-refractivity contribution in [2.24, 2.45) is 0 Å². The van der Waals surface area contributed by atoms with Gasteiger partial charge in [-0.15, -0.1) is 0 Å². The Kier molecular flexibility index (Phi) is 7.60. The lowest BCUT2D eigenvalue weighted by atomic mass is 9.98. The fourth-order valence-electron chi connectivity index (χ4n) is 3.31. The summed E-state index contributed by atoms with van der Waals surface area (Å²) >= 11 is 0. The molecule has 0 fully saturated rings. The maximum atomic E-state index is 14.7. The second-order valence-electron chi connectivity index (χ2n) is 7.36. The second kappa shape index (κ2) is 10.4. The molecule has 0 aliphatic heterocycles. The van der Waals surface area contributed by atoms with Crippen molar-refractivity contribution in [2.75, 3.05) is 12.4 Å². The average Bonchev–Trinajstić information content (AvgIpc) is 2.82. The number of aromatic nitrogens is 2. The van der Waals surface area contributed by atoms with E-state index in [1.54, 1.807) is 31.2 Å². The van der Waals surface area contributed by atoms with Crippen LogP contribution in [0, 0.1) is 18.2 Å². The molecule has 0 spiro atoms. The topological polar surface area (TPSA) is 111 Å². The Morgan fingerprint density at radius 2 is 1.91 bits per heavy atom. The minimum absolute atomic E-state index is 0.0625. The molecule has 1 aromatic heterocycles. The van der Waals surface area contributed by atoms with E-state index in [4.69, 9.17) is 5.41 Å². The Hall–Kier alpha value is -4.12. The standard InChI is InChI=1S/C24H21F4N5O2/c1-13-31-11-21(22(32-13)15-6-4-3-5-14(15)12-34)33-23(35)17-9-16(20(29)7-8-30-2)18(10-19(17)25)24(26,27)28/h3-11,29-30,34H,12H2,1-2H3,(H,33,35)/b8-7-,29-20?. The van der Waals surface area contributed by atoms with Crippen molar-refractivity contribution < 1.29 is 27.5 Å². The van der Waals surface area contributed by atoms with Crippen molar-refractivity contribution in [3.8, 4) is 11.3 Å². The summed E-state index contributed by atoms with van der Waals surface area (Å²) in [6.45, 7) is 1.30. The van der Waals surface area contributed by atoms with E-state index in [9.17, 15) is 27.5 Å². The molecule has 0 radical (unpaired) electrons. The number of rotatable bonds is 7. The molecule has 3 aromatic rings. The van der Waals surface area contributed by atoms with Crippen LogP contribution in [0.4, 0.5) is 23.2 Å². The maximum Gasteiger partial charge on any atom is 0.417 e. The molecule has 0 unspecified atom stereocenters. The third-order valence-corrected chi connectivity index (χ3v) is 4.96. The minimum atomic E-state index is -4.95. The highest BCUT2D eigenvalue weighted by Crippen LogP contribution is 2.35. The van der Waals surface area contributed by atoms with E-state index in [2.05, 4.69) is 20.6 Å². The molecule has 182 valence electrons. The number of aryl methyl sites for hydroxylation is 1. The number of halogens is 4. The van der Waals surface area contributed by atoms with Crippen LogP contribution in [0.2, 0.25) is 0 Å². The molecular weight excluding hydrogens is 466 g/mol. The van der Waals surface area contributed by atoms with E-state index in [1.165, 1.54) is 19.4 Å². The van der Waals surface area contributed by atoms with Gasteiger partial charge in [-0.25, -0.2) is 14.4 Å². The summed E-state index contributed by atoms with van der Waals surface area (Å²) in [7, 11) is 1.49. The van der Waals surface area contributed by atoms with Crippen LogP contribution in [0.1, 0.15) is 32.9 Å². The normalized spacial score (nSPS) is 11.5. The van der Waals surface area contributed by atoms with Crippen LogP contribution >= 0.6 is 0 Å². The molecule has 0 aliphatic rings. The van der Waals surface area contributed by atoms with Crippen LogP contribution in [0.15, 0.2) is 54.9 Å². The lowest BCUT2D eigenvalue weighted by molar-refractivity contribution is -0.137. The Balaban J connectivity index is 2.08. The first-order valence-corrected chi connectivity index (χ1v) is 10.2. The third-order valence-electron chi connectivity index (χ3n) is 4.96. The fraction of sp³-hybridized carbons (Fsp3) is 0.167. The van der Waals surface area contributed by atoms with Gasteiger partial charge in [-0.2, -0.15) is 13.2 Å². The van der Waals surface area contributed by atoms with Gasteiger partial charge in [0.15, 0.2) is 0 Å². The molecule has 3 rings (SSSR count). The second-order valence-corrected chi connectivity index (χ2v) is 7.36. The fourth-order valence-corrected chi connectivity index (χ4v) is 3.31. The van der Waals surface area contributed by atoms with Crippen LogP contribution in [0.5, 0.6) is 0 Å². The highest BCUT2D eigenvalue weighted by molar-refractivity contribution is 6.11. The molecule has 4 N–H and O–H groups in total. The van der Waals surface area contributed by atoms with Gasteiger partial charge in [-0.3, -0.25) is 4.79 Å². The van der Waals surface area contributed by atoms with Gasteiger partial charge in [0.2, 0.25) is 0 Å². The van der Waals surface area contributed by atoms with Gasteiger partial charge in [-0.05, 0) is 36.9 Å². The van der Waals surface area contributed by atoms with Crippen LogP contribution < -0.4 is 10.6 Å². The number of amides is 1. The van der Waals surface area contributed by atoms with Gasteiger partial charge in [0.25, 0.3) is 5.91 Å². The van der Waals surface area contributed by atoms with Gasteiger partial charge < -0.3 is 21.1 Å². The zero-order valence-electron chi connectivity index (χ0n) is 18.7. The van der Waals surface area contributed by atoms with Crippen LogP contribution in [0.3, 0.4) is 0 Å². The molecule has 0 atom stereocenters. The first kappa shape index (κ1) is 25.5. The van der Waals surface area contributed by atoms with E-state index in [1.807, 2.05) is 0 Å². The lowest BCUT2D eigenvalue weighted by Crippen LogP contribution is -2.19. The summed E-state index contributed by atoms with van der Waals surface area (Å²) in [5.41, 5.74) is -2.01. The smallest absolute Gasteiger partial charge is 0.394 e. The van der Waals surface area contributed by atoms with E-state index in [0.717, 1.165) is 6.08 Å². The zero-order chi connectivity index (χ0) is 25.8. The Bertz CT molecular complexity index is 1310. The maximum absolute atomic E-state index is 14.7. The molecule has 1 heterocycles.